The van der Waals surface area contributed by atoms with Gasteiger partial charge in [-0.1, -0.05) is 78.9 Å². The first-order valence-corrected chi connectivity index (χ1v) is 19.1. The highest BCUT2D eigenvalue weighted by Gasteiger charge is 2.89. The molecule has 5 fully saturated rings. The number of nitrogens with zero attached hydrogens (tertiary/aromatic N) is 1. The van der Waals surface area contributed by atoms with Gasteiger partial charge in [-0.25, -0.2) is 0 Å². The molecule has 0 bridgehead atoms. The third-order valence-electron chi connectivity index (χ3n) is 14.6. The molecule has 2 saturated carbocycles. The van der Waals surface area contributed by atoms with Crippen LogP contribution in [0.25, 0.3) is 0 Å². The molecule has 11 unspecified atom stereocenters. The molecule has 3 aliphatic heterocycles. The number of carbonyl (C=O) groups excluding carboxylic acids is 1. The second kappa shape index (κ2) is 13.4. The van der Waals surface area contributed by atoms with Crippen molar-refractivity contribution in [3.05, 3.63) is 11.6 Å². The van der Waals surface area contributed by atoms with Gasteiger partial charge in [0, 0.05) is 42.8 Å². The number of piperidine rings is 1. The molecule has 11 atom stereocenters. The zero-order valence-corrected chi connectivity index (χ0v) is 30.2. The number of rotatable bonds is 13. The summed E-state index contributed by atoms with van der Waals surface area (Å²) in [6.07, 6.45) is 11.6. The number of fused-ring (bicyclic) bond motifs is 1. The quantitative estimate of drug-likeness (QED) is 0.172. The predicted molar refractivity (Wildman–Crippen MR) is 181 cm³/mol. The molecule has 0 radical (unpaired) electrons. The van der Waals surface area contributed by atoms with Crippen LogP contribution in [0, 0.1) is 63.6 Å². The molecule has 270 valence electrons. The van der Waals surface area contributed by atoms with E-state index in [4.69, 9.17) is 14.2 Å². The summed E-state index contributed by atoms with van der Waals surface area (Å²) in [6.45, 7) is 16.5. The van der Waals surface area contributed by atoms with Gasteiger partial charge in [-0.2, -0.15) is 0 Å². The molecule has 0 aromatic carbocycles. The Bertz CT molecular complexity index is 1260. The highest BCUT2D eigenvalue weighted by Crippen LogP contribution is 2.89. The average Bonchev–Trinajstić information content (AvgIpc) is 3.32. The van der Waals surface area contributed by atoms with Crippen molar-refractivity contribution in [2.75, 3.05) is 39.5 Å². The minimum Gasteiger partial charge on any atom is -0.481 e. The van der Waals surface area contributed by atoms with E-state index in [0.29, 0.717) is 51.0 Å². The minimum atomic E-state index is -1.21. The standard InChI is InChI=1S/C39H61NO8/c1-7-9-11-26-17-33(46-23-28(26)20-40-13-12-38(47-14-15-48-38)31(21-40)34(42)43)37-19-27(25(5)10-8-2)16-29(22-41)39(35(44)45)30(24(3)4)18-32(37)36(37,39)6/h18,22,24-29,31-33H,7-17,19-21,23H2,1-6H3,(H,42,43)(H,44,45). The molecule has 9 heteroatoms. The average molecular weight is 672 g/mol. The highest BCUT2D eigenvalue weighted by molar-refractivity contribution is 5.88. The molecule has 2 N–H and O–H groups in total. The van der Waals surface area contributed by atoms with Crippen LogP contribution in [-0.2, 0) is 28.6 Å². The number of aliphatic carboxylic acids is 2. The Morgan fingerprint density at radius 1 is 1.08 bits per heavy atom. The summed E-state index contributed by atoms with van der Waals surface area (Å²) < 4.78 is 18.8. The Hall–Kier alpha value is -1.81. The van der Waals surface area contributed by atoms with Gasteiger partial charge in [-0.05, 0) is 61.2 Å². The van der Waals surface area contributed by atoms with Gasteiger partial charge in [-0.15, -0.1) is 0 Å². The second-order valence-electron chi connectivity index (χ2n) is 16.9. The molecule has 0 amide bonds. The van der Waals surface area contributed by atoms with Crippen LogP contribution in [0.4, 0.5) is 0 Å². The lowest BCUT2D eigenvalue weighted by molar-refractivity contribution is -0.228. The van der Waals surface area contributed by atoms with Crippen molar-refractivity contribution >= 4 is 18.2 Å². The van der Waals surface area contributed by atoms with Crippen LogP contribution in [0.15, 0.2) is 11.6 Å². The van der Waals surface area contributed by atoms with Crippen LogP contribution in [-0.4, -0.2) is 84.7 Å². The van der Waals surface area contributed by atoms with E-state index >= 15 is 0 Å². The molecule has 1 spiro atoms. The van der Waals surface area contributed by atoms with Gasteiger partial charge in [0.1, 0.15) is 17.6 Å². The number of carboxylic acids is 2. The third-order valence-corrected chi connectivity index (χ3v) is 14.6. The van der Waals surface area contributed by atoms with Gasteiger partial charge in [-0.3, -0.25) is 9.59 Å². The molecule has 48 heavy (non-hydrogen) atoms. The number of hydrogen-bond donors (Lipinski definition) is 2. The minimum absolute atomic E-state index is 0.0443. The fourth-order valence-corrected chi connectivity index (χ4v) is 12.2. The van der Waals surface area contributed by atoms with Gasteiger partial charge < -0.3 is 34.1 Å². The van der Waals surface area contributed by atoms with Gasteiger partial charge in [0.25, 0.3) is 0 Å². The summed E-state index contributed by atoms with van der Waals surface area (Å²) in [5.41, 5.74) is -1.18. The van der Waals surface area contributed by atoms with Crippen LogP contribution >= 0.6 is 0 Å². The Morgan fingerprint density at radius 3 is 2.42 bits per heavy atom. The summed E-state index contributed by atoms with van der Waals surface area (Å²) in [7, 11) is 0. The largest absolute Gasteiger partial charge is 0.481 e. The van der Waals surface area contributed by atoms with Crippen molar-refractivity contribution in [3.8, 4) is 0 Å². The molecule has 6 aliphatic rings. The van der Waals surface area contributed by atoms with E-state index in [-0.39, 0.29) is 35.2 Å². The molecular formula is C39H61NO8. The predicted octanol–water partition coefficient (Wildman–Crippen LogP) is 6.30. The van der Waals surface area contributed by atoms with Crippen molar-refractivity contribution in [1.29, 1.82) is 0 Å². The molecule has 0 aromatic rings. The number of hydrogen-bond acceptors (Lipinski definition) is 7. The monoisotopic (exact) mass is 671 g/mol. The van der Waals surface area contributed by atoms with Crippen molar-refractivity contribution in [1.82, 2.24) is 4.90 Å². The molecule has 3 heterocycles. The number of likely N-dealkylation sites (tertiary alicyclic amines) is 1. The van der Waals surface area contributed by atoms with Gasteiger partial charge in [0.05, 0.1) is 25.9 Å². The lowest BCUT2D eigenvalue weighted by Gasteiger charge is -2.48. The smallest absolute Gasteiger partial charge is 0.315 e. The van der Waals surface area contributed by atoms with Crippen molar-refractivity contribution in [2.24, 2.45) is 63.6 Å². The van der Waals surface area contributed by atoms with Crippen LogP contribution in [0.3, 0.4) is 0 Å². The number of carbonyl (C=O) groups is 3. The Balaban J connectivity index is 1.31. The molecule has 3 aliphatic carbocycles. The molecule has 0 aromatic heterocycles. The van der Waals surface area contributed by atoms with Gasteiger partial charge >= 0.3 is 11.9 Å². The van der Waals surface area contributed by atoms with E-state index in [1.807, 2.05) is 0 Å². The van der Waals surface area contributed by atoms with E-state index < -0.39 is 40.4 Å². The number of aldehydes is 1. The van der Waals surface area contributed by atoms with Crippen LogP contribution in [0.2, 0.25) is 0 Å². The first-order valence-electron chi connectivity index (χ1n) is 19.1. The van der Waals surface area contributed by atoms with Crippen LogP contribution < -0.4 is 0 Å². The molecular weight excluding hydrogens is 610 g/mol. The number of allylic oxidation sites excluding steroid dienone is 1. The maximum absolute atomic E-state index is 13.8. The number of unbranched alkanes of at least 4 members (excludes halogenated alkanes) is 1. The molecule has 3 saturated heterocycles. The van der Waals surface area contributed by atoms with E-state index in [1.165, 1.54) is 0 Å². The summed E-state index contributed by atoms with van der Waals surface area (Å²) in [6, 6.07) is 0. The first-order chi connectivity index (χ1) is 22.9. The summed E-state index contributed by atoms with van der Waals surface area (Å²) in [4.78, 5) is 41.5. The Labute approximate surface area is 287 Å². The van der Waals surface area contributed by atoms with E-state index in [0.717, 1.165) is 69.9 Å². The number of carboxylic acid groups (broad SMARTS) is 2. The fraction of sp³-hybridized carbons (Fsp3) is 0.872. The van der Waals surface area contributed by atoms with Crippen LogP contribution in [0.1, 0.15) is 99.3 Å². The topological polar surface area (TPSA) is 123 Å². The van der Waals surface area contributed by atoms with Gasteiger partial charge in [0.2, 0.25) is 0 Å². The zero-order chi connectivity index (χ0) is 34.6. The SMILES string of the molecule is CCCCC1CC(C23CC(C(C)CCC)CC(C=O)C4(C(=O)O)C(C(C)C)=CC2C43C)OCC1CN1CCC2(OCCO2)C(C(=O)O)C1. The van der Waals surface area contributed by atoms with Crippen LogP contribution in [0.5, 0.6) is 0 Å². The lowest BCUT2D eigenvalue weighted by Crippen LogP contribution is -2.57. The van der Waals surface area contributed by atoms with Crippen molar-refractivity contribution in [3.63, 3.8) is 0 Å². The zero-order valence-electron chi connectivity index (χ0n) is 30.2. The second-order valence-corrected chi connectivity index (χ2v) is 16.9. The normalized spacial score (nSPS) is 42.6. The van der Waals surface area contributed by atoms with E-state index in [2.05, 4.69) is 52.5 Å². The highest BCUT2D eigenvalue weighted by atomic mass is 16.7. The maximum Gasteiger partial charge on any atom is 0.315 e. The van der Waals surface area contributed by atoms with E-state index in [9.17, 15) is 24.6 Å². The Kier molecular flexibility index (Phi) is 10.0. The molecule has 6 rings (SSSR count). The lowest BCUT2D eigenvalue weighted by atomic mass is 9.57. The number of ether oxygens (including phenoxy) is 3. The Morgan fingerprint density at radius 2 is 1.81 bits per heavy atom. The molecule has 9 nitrogen and oxygen atoms in total. The third kappa shape index (κ3) is 5.18. The van der Waals surface area contributed by atoms with Crippen molar-refractivity contribution < 1.29 is 38.8 Å². The summed E-state index contributed by atoms with van der Waals surface area (Å²) in [5.74, 6) is -2.58. The maximum atomic E-state index is 13.8. The first kappa shape index (κ1) is 36.0. The summed E-state index contributed by atoms with van der Waals surface area (Å²) in [5, 5.41) is 21.4. The summed E-state index contributed by atoms with van der Waals surface area (Å²) >= 11 is 0. The fourth-order valence-electron chi connectivity index (χ4n) is 12.2. The van der Waals surface area contributed by atoms with Crippen molar-refractivity contribution in [2.45, 2.75) is 111 Å². The van der Waals surface area contributed by atoms with E-state index in [1.54, 1.807) is 0 Å². The van der Waals surface area contributed by atoms with Gasteiger partial charge in [0.15, 0.2) is 5.79 Å².